The van der Waals surface area contributed by atoms with Gasteiger partial charge in [0.2, 0.25) is 0 Å². The quantitative estimate of drug-likeness (QED) is 0.845. The van der Waals surface area contributed by atoms with Crippen molar-refractivity contribution in [3.63, 3.8) is 0 Å². The van der Waals surface area contributed by atoms with Crippen LogP contribution in [0.4, 0.5) is 0 Å². The van der Waals surface area contributed by atoms with Crippen LogP contribution >= 0.6 is 12.2 Å². The van der Waals surface area contributed by atoms with Crippen LogP contribution in [-0.4, -0.2) is 17.1 Å². The first-order valence-corrected chi connectivity index (χ1v) is 7.19. The molecule has 0 amide bonds. The second kappa shape index (κ2) is 5.49. The van der Waals surface area contributed by atoms with Gasteiger partial charge in [-0.1, -0.05) is 38.4 Å². The summed E-state index contributed by atoms with van der Waals surface area (Å²) in [5.74, 6) is 0.921. The Morgan fingerprint density at radius 3 is 2.50 bits per heavy atom. The molecule has 0 aliphatic heterocycles. The van der Waals surface area contributed by atoms with Gasteiger partial charge in [0.05, 0.1) is 0 Å². The van der Waals surface area contributed by atoms with Crippen molar-refractivity contribution in [2.75, 3.05) is 7.11 Å². The number of hydrogen-bond donors (Lipinski definition) is 1. The Morgan fingerprint density at radius 2 is 2.00 bits per heavy atom. The number of methoxy groups -OCH3 is 1. The molecule has 1 saturated carbocycles. The number of hydrogen-bond acceptors (Lipinski definition) is 3. The number of nitrogens with one attached hydrogen (secondary N) is 1. The average Bonchev–Trinajstić information content (AvgIpc) is 2.39. The van der Waals surface area contributed by atoms with Gasteiger partial charge in [0, 0.05) is 18.4 Å². The molecule has 1 aromatic rings. The Bertz CT molecular complexity index is 475. The maximum atomic E-state index is 5.81. The summed E-state index contributed by atoms with van der Waals surface area (Å²) >= 11 is 5.41. The highest BCUT2D eigenvalue weighted by Crippen LogP contribution is 2.38. The molecule has 100 valence electrons. The summed E-state index contributed by atoms with van der Waals surface area (Å²) in [6.07, 6.45) is 6.68. The molecule has 18 heavy (non-hydrogen) atoms. The second-order valence-electron chi connectivity index (χ2n) is 5.11. The van der Waals surface area contributed by atoms with Gasteiger partial charge in [0.25, 0.3) is 0 Å². The predicted molar refractivity (Wildman–Crippen MR) is 75.3 cm³/mol. The highest BCUT2D eigenvalue weighted by atomic mass is 32.1. The summed E-state index contributed by atoms with van der Waals surface area (Å²) in [4.78, 5) is 8.03. The number of aryl methyl sites for hydroxylation is 1. The molecule has 1 N–H and O–H groups in total. The van der Waals surface area contributed by atoms with E-state index in [-0.39, 0.29) is 5.60 Å². The monoisotopic (exact) mass is 266 g/mol. The van der Waals surface area contributed by atoms with Crippen molar-refractivity contribution in [2.24, 2.45) is 0 Å². The third kappa shape index (κ3) is 2.36. The van der Waals surface area contributed by atoms with E-state index in [0.717, 1.165) is 41.0 Å². The van der Waals surface area contributed by atoms with Gasteiger partial charge in [-0.05, 0) is 26.2 Å². The first kappa shape index (κ1) is 13.7. The molecule has 1 aromatic heterocycles. The van der Waals surface area contributed by atoms with Gasteiger partial charge in [-0.15, -0.1) is 0 Å². The van der Waals surface area contributed by atoms with E-state index in [2.05, 4.69) is 23.8 Å². The van der Waals surface area contributed by atoms with Crippen LogP contribution in [0.15, 0.2) is 0 Å². The second-order valence-corrected chi connectivity index (χ2v) is 5.49. The van der Waals surface area contributed by atoms with Crippen LogP contribution in [0.1, 0.15) is 56.1 Å². The van der Waals surface area contributed by atoms with Crippen LogP contribution in [0.25, 0.3) is 0 Å². The van der Waals surface area contributed by atoms with Crippen molar-refractivity contribution in [2.45, 2.75) is 58.0 Å². The molecule has 0 aromatic carbocycles. The Morgan fingerprint density at radius 1 is 1.33 bits per heavy atom. The summed E-state index contributed by atoms with van der Waals surface area (Å²) < 4.78 is 6.54. The zero-order valence-corrected chi connectivity index (χ0v) is 12.3. The van der Waals surface area contributed by atoms with Crippen LogP contribution in [0.2, 0.25) is 0 Å². The number of aromatic nitrogens is 2. The van der Waals surface area contributed by atoms with Crippen LogP contribution < -0.4 is 0 Å². The standard InChI is InChI=1S/C14H22N2OS/c1-4-11-10(2)15-13(16-12(11)18)14(17-3)8-6-5-7-9-14/h4-9H2,1-3H3,(H,15,16,18). The van der Waals surface area contributed by atoms with Crippen molar-refractivity contribution in [3.8, 4) is 0 Å². The lowest BCUT2D eigenvalue weighted by molar-refractivity contribution is -0.0517. The van der Waals surface area contributed by atoms with Crippen molar-refractivity contribution in [1.29, 1.82) is 0 Å². The number of nitrogens with zero attached hydrogens (tertiary/aromatic N) is 1. The van der Waals surface area contributed by atoms with Gasteiger partial charge in [-0.2, -0.15) is 0 Å². The first-order chi connectivity index (χ1) is 8.63. The maximum absolute atomic E-state index is 5.81. The number of aromatic amines is 1. The Kier molecular flexibility index (Phi) is 4.17. The smallest absolute Gasteiger partial charge is 0.140 e. The summed E-state index contributed by atoms with van der Waals surface area (Å²) in [5, 5.41) is 0. The minimum Gasteiger partial charge on any atom is -0.370 e. The number of H-pyrrole nitrogens is 1. The average molecular weight is 266 g/mol. The molecule has 0 unspecified atom stereocenters. The molecule has 1 aliphatic carbocycles. The molecule has 0 spiro atoms. The molecular weight excluding hydrogens is 244 g/mol. The van der Waals surface area contributed by atoms with Crippen LogP contribution in [0.3, 0.4) is 0 Å². The van der Waals surface area contributed by atoms with Crippen molar-refractivity contribution < 1.29 is 4.74 Å². The zero-order valence-electron chi connectivity index (χ0n) is 11.5. The molecule has 1 fully saturated rings. The first-order valence-electron chi connectivity index (χ1n) is 6.78. The number of rotatable bonds is 3. The van der Waals surface area contributed by atoms with Crippen LogP contribution in [-0.2, 0) is 16.8 Å². The Balaban J connectivity index is 2.46. The van der Waals surface area contributed by atoms with Gasteiger partial charge < -0.3 is 9.72 Å². The predicted octanol–water partition coefficient (Wildman–Crippen LogP) is 3.82. The third-order valence-corrected chi connectivity index (χ3v) is 4.40. The molecule has 0 saturated heterocycles. The van der Waals surface area contributed by atoms with Crippen molar-refractivity contribution >= 4 is 12.2 Å². The van der Waals surface area contributed by atoms with Crippen molar-refractivity contribution in [1.82, 2.24) is 9.97 Å². The molecule has 3 nitrogen and oxygen atoms in total. The minimum atomic E-state index is -0.247. The lowest BCUT2D eigenvalue weighted by atomic mass is 9.84. The maximum Gasteiger partial charge on any atom is 0.140 e. The third-order valence-electron chi connectivity index (χ3n) is 4.07. The molecule has 4 heteroatoms. The van der Waals surface area contributed by atoms with E-state index >= 15 is 0 Å². The van der Waals surface area contributed by atoms with Crippen LogP contribution in [0.5, 0.6) is 0 Å². The number of ether oxygens (including phenoxy) is 1. The SMILES string of the molecule is CCc1c(C)[nH]c(C2(OC)CCCCC2)nc1=S. The van der Waals surface area contributed by atoms with Gasteiger partial charge >= 0.3 is 0 Å². The van der Waals surface area contributed by atoms with E-state index in [1.165, 1.54) is 19.3 Å². The molecule has 0 bridgehead atoms. The van der Waals surface area contributed by atoms with E-state index in [0.29, 0.717) is 0 Å². The zero-order chi connectivity index (χ0) is 13.2. The summed E-state index contributed by atoms with van der Waals surface area (Å²) in [7, 11) is 1.78. The Hall–Kier alpha value is -0.740. The summed E-state index contributed by atoms with van der Waals surface area (Å²) in [5.41, 5.74) is 2.04. The lowest BCUT2D eigenvalue weighted by Gasteiger charge is -2.35. The highest BCUT2D eigenvalue weighted by Gasteiger charge is 2.36. The Labute approximate surface area is 114 Å². The van der Waals surface area contributed by atoms with E-state index in [1.54, 1.807) is 7.11 Å². The van der Waals surface area contributed by atoms with Crippen molar-refractivity contribution in [3.05, 3.63) is 21.7 Å². The molecule has 2 rings (SSSR count). The van der Waals surface area contributed by atoms with Gasteiger partial charge in [0.15, 0.2) is 0 Å². The molecular formula is C14H22N2OS. The van der Waals surface area contributed by atoms with E-state index in [4.69, 9.17) is 17.0 Å². The molecule has 0 atom stereocenters. The fourth-order valence-corrected chi connectivity index (χ4v) is 3.29. The van der Waals surface area contributed by atoms with Crippen LogP contribution in [0, 0.1) is 11.6 Å². The molecule has 1 heterocycles. The van der Waals surface area contributed by atoms with Gasteiger partial charge in [-0.3, -0.25) is 0 Å². The fraction of sp³-hybridized carbons (Fsp3) is 0.714. The fourth-order valence-electron chi connectivity index (χ4n) is 2.90. The minimum absolute atomic E-state index is 0.247. The molecule has 0 radical (unpaired) electrons. The van der Waals surface area contributed by atoms with E-state index in [9.17, 15) is 0 Å². The van der Waals surface area contributed by atoms with Gasteiger partial charge in [-0.25, -0.2) is 4.98 Å². The summed E-state index contributed by atoms with van der Waals surface area (Å²) in [6, 6.07) is 0. The van der Waals surface area contributed by atoms with Gasteiger partial charge in [0.1, 0.15) is 16.1 Å². The highest BCUT2D eigenvalue weighted by molar-refractivity contribution is 7.71. The summed E-state index contributed by atoms with van der Waals surface area (Å²) in [6.45, 7) is 4.19. The van der Waals surface area contributed by atoms with E-state index in [1.807, 2.05) is 0 Å². The van der Waals surface area contributed by atoms with E-state index < -0.39 is 0 Å². The topological polar surface area (TPSA) is 37.9 Å². The lowest BCUT2D eigenvalue weighted by Crippen LogP contribution is -2.33. The largest absolute Gasteiger partial charge is 0.370 e. The normalized spacial score (nSPS) is 18.8. The molecule has 1 aliphatic rings.